The Hall–Kier alpha value is -4.73. The van der Waals surface area contributed by atoms with Crippen LogP contribution in [-0.4, -0.2) is 78.3 Å². The molecule has 0 spiro atoms. The highest BCUT2D eigenvalue weighted by Crippen LogP contribution is 2.38. The summed E-state index contributed by atoms with van der Waals surface area (Å²) in [6, 6.07) is 5.83. The number of alkyl halides is 3. The Kier molecular flexibility index (Phi) is 15.3. The van der Waals surface area contributed by atoms with Crippen molar-refractivity contribution in [1.29, 1.82) is 0 Å². The van der Waals surface area contributed by atoms with Gasteiger partial charge in [0, 0.05) is 31.9 Å². The topological polar surface area (TPSA) is 166 Å². The van der Waals surface area contributed by atoms with Gasteiger partial charge in [0.25, 0.3) is 5.91 Å². The maximum absolute atomic E-state index is 14.3. The molecule has 2 atom stereocenters. The molecule has 16 heteroatoms. The fourth-order valence-electron chi connectivity index (χ4n) is 4.45. The number of nitrogens with one attached hydrogen (secondary N) is 2. The summed E-state index contributed by atoms with van der Waals surface area (Å²) >= 11 is 0. The largest absolute Gasteiger partial charge is 0.416 e. The van der Waals surface area contributed by atoms with Gasteiger partial charge in [0.15, 0.2) is 5.84 Å². The molecule has 1 aromatic carbocycles. The molecule has 1 fully saturated rings. The van der Waals surface area contributed by atoms with Crippen molar-refractivity contribution < 1.29 is 36.7 Å². The van der Waals surface area contributed by atoms with Crippen LogP contribution in [0, 0.1) is 5.92 Å². The Labute approximate surface area is 272 Å². The maximum Gasteiger partial charge on any atom is 0.416 e. The summed E-state index contributed by atoms with van der Waals surface area (Å²) in [6.45, 7) is 9.61. The molecule has 1 heterocycles. The van der Waals surface area contributed by atoms with Gasteiger partial charge in [-0.25, -0.2) is 20.6 Å². The molecule has 1 aromatic rings. The van der Waals surface area contributed by atoms with Crippen LogP contribution in [0.5, 0.6) is 0 Å². The molecule has 47 heavy (non-hydrogen) atoms. The second-order valence-electron chi connectivity index (χ2n) is 10.6. The van der Waals surface area contributed by atoms with E-state index in [4.69, 9.17) is 11.6 Å². The molecule has 0 saturated carbocycles. The number of hydrogen-bond acceptors (Lipinski definition) is 7. The summed E-state index contributed by atoms with van der Waals surface area (Å²) in [4.78, 5) is 55.2. The summed E-state index contributed by atoms with van der Waals surface area (Å²) in [6.07, 6.45) is -1.74. The first-order chi connectivity index (χ1) is 22.0. The van der Waals surface area contributed by atoms with Crippen LogP contribution in [0.4, 0.5) is 28.0 Å². The lowest BCUT2D eigenvalue weighted by Gasteiger charge is -2.35. The van der Waals surface area contributed by atoms with E-state index in [-0.39, 0.29) is 25.2 Å². The van der Waals surface area contributed by atoms with Crippen LogP contribution in [0.1, 0.15) is 52.5 Å². The van der Waals surface area contributed by atoms with Crippen LogP contribution < -0.4 is 27.3 Å². The molecule has 12 nitrogen and oxygen atoms in total. The second kappa shape index (κ2) is 17.8. The van der Waals surface area contributed by atoms with E-state index in [0.29, 0.717) is 29.5 Å². The number of hydrazone groups is 1. The Morgan fingerprint density at radius 2 is 1.72 bits per heavy atom. The van der Waals surface area contributed by atoms with Crippen LogP contribution in [0.3, 0.4) is 0 Å². The smallest absolute Gasteiger partial charge is 0.382 e. The third-order valence-corrected chi connectivity index (χ3v) is 7.28. The lowest BCUT2D eigenvalue weighted by molar-refractivity contribution is -0.134. The number of hydrogen-bond donors (Lipinski definition) is 4. The van der Waals surface area contributed by atoms with Crippen LogP contribution in [0.2, 0.25) is 0 Å². The summed E-state index contributed by atoms with van der Waals surface area (Å²) in [7, 11) is 2.79. The van der Waals surface area contributed by atoms with Crippen molar-refractivity contribution >= 4 is 35.3 Å². The second-order valence-corrected chi connectivity index (χ2v) is 10.6. The Morgan fingerprint density at radius 3 is 2.21 bits per heavy atom. The number of rotatable bonds is 13. The number of hydrazine groups is 1. The van der Waals surface area contributed by atoms with Crippen molar-refractivity contribution in [2.24, 2.45) is 22.6 Å². The third-order valence-electron chi connectivity index (χ3n) is 7.28. The zero-order chi connectivity index (χ0) is 36.1. The number of halogens is 4. The van der Waals surface area contributed by atoms with Crippen molar-refractivity contribution in [3.05, 3.63) is 66.0 Å². The molecule has 5 amide bonds. The molecule has 0 radical (unpaired) electrons. The van der Waals surface area contributed by atoms with E-state index in [2.05, 4.69) is 36.4 Å². The first-order valence-corrected chi connectivity index (χ1v) is 14.8. The van der Waals surface area contributed by atoms with E-state index >= 15 is 0 Å². The van der Waals surface area contributed by atoms with Gasteiger partial charge in [0.1, 0.15) is 11.4 Å². The fourth-order valence-corrected chi connectivity index (χ4v) is 4.45. The molecule has 2 rings (SSSR count). The van der Waals surface area contributed by atoms with E-state index in [9.17, 15) is 36.7 Å². The predicted molar refractivity (Wildman–Crippen MR) is 172 cm³/mol. The number of nitrogens with zero attached hydrogens (tertiary/aromatic N) is 4. The van der Waals surface area contributed by atoms with Crippen LogP contribution in [0.25, 0.3) is 0 Å². The number of imide groups is 1. The Bertz CT molecular complexity index is 1380. The molecule has 0 bridgehead atoms. The van der Waals surface area contributed by atoms with Gasteiger partial charge >= 0.3 is 12.2 Å². The first-order valence-electron chi connectivity index (χ1n) is 14.8. The molecule has 1 aliphatic rings. The number of likely N-dealkylation sites (N-methyl/N-ethyl adjacent to an activating group) is 2. The van der Waals surface area contributed by atoms with Gasteiger partial charge in [-0.15, -0.1) is 5.10 Å². The van der Waals surface area contributed by atoms with Gasteiger partial charge in [-0.3, -0.25) is 24.2 Å². The predicted octanol–water partition coefficient (Wildman–Crippen LogP) is 3.86. The number of carbonyl (C=O) groups is 4. The molecule has 2 unspecified atom stereocenters. The number of amides is 5. The van der Waals surface area contributed by atoms with Gasteiger partial charge in [-0.1, -0.05) is 39.8 Å². The third kappa shape index (κ3) is 10.1. The van der Waals surface area contributed by atoms with Crippen molar-refractivity contribution in [3.8, 4) is 0 Å². The van der Waals surface area contributed by atoms with Crippen LogP contribution >= 0.6 is 0 Å². The van der Waals surface area contributed by atoms with Crippen molar-refractivity contribution in [3.63, 3.8) is 0 Å². The highest BCUT2D eigenvalue weighted by molar-refractivity contribution is 6.16. The van der Waals surface area contributed by atoms with Crippen molar-refractivity contribution in [2.45, 2.75) is 58.7 Å². The zero-order valence-electron chi connectivity index (χ0n) is 27.4. The minimum absolute atomic E-state index is 0.00213. The molecule has 0 aromatic heterocycles. The number of carbonyl (C=O) groups excluding carboxylic acids is 4. The van der Waals surface area contributed by atoms with Gasteiger partial charge in [-0.2, -0.15) is 13.2 Å². The average Bonchev–Trinajstić information content (AvgIpc) is 3.22. The monoisotopic (exact) mass is 668 g/mol. The fraction of sp³-hybridized carbons (Fsp3) is 0.452. The number of allylic oxidation sites excluding steroid dienone is 4. The standard InChI is InChI=1S/C28H36F4N8O4.C3H8/c1-6-19(28(30,31)32)10-13-21(29)17(3)24(42)35-16-22(41)38(4)15-14-27(7-2)25(43)39(5)26(44)40(27)20-11-8-18(9-12-20)23(33)36-37-34;1-3-2/h6,8-13,17,37H,1,7,14-16,34H2,2-5H3,(H2,33,36)(H,35,42);3H2,1-2H3/b19-10+,21-13+;. The molecule has 0 aliphatic carbocycles. The Morgan fingerprint density at radius 1 is 1.15 bits per heavy atom. The molecule has 1 saturated heterocycles. The molecule has 6 N–H and O–H groups in total. The van der Waals surface area contributed by atoms with Crippen LogP contribution in [-0.2, 0) is 14.4 Å². The molecule has 1 aliphatic heterocycles. The zero-order valence-corrected chi connectivity index (χ0v) is 27.4. The minimum atomic E-state index is -4.74. The van der Waals surface area contributed by atoms with Crippen molar-refractivity contribution in [2.75, 3.05) is 32.1 Å². The number of anilines is 1. The minimum Gasteiger partial charge on any atom is -0.382 e. The first kappa shape index (κ1) is 40.3. The summed E-state index contributed by atoms with van der Waals surface area (Å²) in [5.74, 6) is 0.657. The van der Waals surface area contributed by atoms with Gasteiger partial charge < -0.3 is 16.0 Å². The normalized spacial score (nSPS) is 18.0. The highest BCUT2D eigenvalue weighted by atomic mass is 19.4. The molecular formula is C31H44F4N8O4. The van der Waals surface area contributed by atoms with E-state index in [1.807, 2.05) is 0 Å². The van der Waals surface area contributed by atoms with Gasteiger partial charge in [0.2, 0.25) is 11.8 Å². The molecule has 260 valence electrons. The number of benzene rings is 1. The lowest BCUT2D eigenvalue weighted by Crippen LogP contribution is -2.52. The molecular weight excluding hydrogens is 624 g/mol. The maximum atomic E-state index is 14.3. The highest BCUT2D eigenvalue weighted by Gasteiger charge is 2.55. The van der Waals surface area contributed by atoms with E-state index < -0.39 is 59.3 Å². The van der Waals surface area contributed by atoms with E-state index in [1.165, 1.54) is 30.3 Å². The van der Waals surface area contributed by atoms with E-state index in [0.717, 1.165) is 11.8 Å². The summed E-state index contributed by atoms with van der Waals surface area (Å²) < 4.78 is 52.7. The summed E-state index contributed by atoms with van der Waals surface area (Å²) in [5.41, 5.74) is 6.30. The average molecular weight is 669 g/mol. The Balaban J connectivity index is 0.00000354. The quantitative estimate of drug-likeness (QED) is 0.0471. The SMILES string of the molecule is C=C/C(=C\C=C(\F)C(C)C(=O)NCC(=O)N(C)CCC1(CC)C(=O)N(C)C(=O)N1c1ccc(/C(N)=N/NN)cc1)C(F)(F)F.CCC. The summed E-state index contributed by atoms with van der Waals surface area (Å²) in [5, 5.41) is 5.95. The van der Waals surface area contributed by atoms with E-state index in [1.54, 1.807) is 31.2 Å². The van der Waals surface area contributed by atoms with Gasteiger partial charge in [0.05, 0.1) is 18.0 Å². The number of nitrogens with two attached hydrogens (primary N) is 2. The van der Waals surface area contributed by atoms with Crippen LogP contribution in [0.15, 0.2) is 65.6 Å². The number of urea groups is 1. The lowest BCUT2D eigenvalue weighted by atomic mass is 9.89. The number of amidine groups is 1. The van der Waals surface area contributed by atoms with Crippen molar-refractivity contribution in [1.82, 2.24) is 20.7 Å². The van der Waals surface area contributed by atoms with Gasteiger partial charge in [-0.05, 0) is 56.2 Å².